The average Bonchev–Trinajstić information content (AvgIpc) is 2.97. The average molecular weight is 356 g/mol. The largest absolute Gasteiger partial charge is 0.349 e. The Labute approximate surface area is 153 Å². The molecule has 1 unspecified atom stereocenters. The highest BCUT2D eigenvalue weighted by Gasteiger charge is 2.44. The van der Waals surface area contributed by atoms with Crippen LogP contribution in [0, 0.1) is 11.2 Å². The van der Waals surface area contributed by atoms with E-state index >= 15 is 0 Å². The number of benzene rings is 1. The lowest BCUT2D eigenvalue weighted by atomic mass is 9.73. The zero-order valence-electron chi connectivity index (χ0n) is 15.7. The van der Waals surface area contributed by atoms with Gasteiger partial charge >= 0.3 is 0 Å². The fraction of sp³-hybridized carbons (Fsp3) is 0.476. The van der Waals surface area contributed by atoms with Gasteiger partial charge in [0.05, 0.1) is 29.8 Å². The van der Waals surface area contributed by atoms with Gasteiger partial charge in [-0.1, -0.05) is 12.5 Å². The standard InChI is InChI=1S/C21H25FN2O2/c1-13-9-19-16(12-23-24(19)18-7-5-17(22)6-8-18)11-21(13,4)20-25-14(2)10-15(3)26-20/h5-9,12,14-15,20H,10-11H2,1-4H3/t14-,15-,21?/m0/s1. The van der Waals surface area contributed by atoms with Crippen molar-refractivity contribution in [3.8, 4) is 5.69 Å². The number of fused-ring (bicyclic) bond motifs is 1. The van der Waals surface area contributed by atoms with E-state index in [1.807, 2.05) is 10.9 Å². The van der Waals surface area contributed by atoms with Crippen LogP contribution in [0.2, 0.25) is 0 Å². The molecule has 1 aromatic heterocycles. The Kier molecular flexibility index (Phi) is 4.24. The third kappa shape index (κ3) is 2.89. The summed E-state index contributed by atoms with van der Waals surface area (Å²) in [6.45, 7) is 8.54. The van der Waals surface area contributed by atoms with E-state index in [-0.39, 0.29) is 29.7 Å². The molecule has 0 radical (unpaired) electrons. The number of nitrogens with zero attached hydrogens (tertiary/aromatic N) is 2. The van der Waals surface area contributed by atoms with E-state index in [1.165, 1.54) is 17.7 Å². The van der Waals surface area contributed by atoms with Gasteiger partial charge in [0.15, 0.2) is 6.29 Å². The summed E-state index contributed by atoms with van der Waals surface area (Å²) in [5.41, 5.74) is 4.03. The third-order valence-electron chi connectivity index (χ3n) is 5.67. The van der Waals surface area contributed by atoms with Crippen molar-refractivity contribution in [2.75, 3.05) is 0 Å². The minimum Gasteiger partial charge on any atom is -0.349 e. The number of hydrogen-bond donors (Lipinski definition) is 0. The van der Waals surface area contributed by atoms with Crippen LogP contribution in [0.15, 0.2) is 36.0 Å². The first-order valence-corrected chi connectivity index (χ1v) is 9.19. The second-order valence-electron chi connectivity index (χ2n) is 7.83. The molecule has 2 aliphatic rings. The Morgan fingerprint density at radius 2 is 1.81 bits per heavy atom. The molecule has 0 saturated carbocycles. The van der Waals surface area contributed by atoms with E-state index in [0.29, 0.717) is 0 Å². The Balaban J connectivity index is 1.68. The molecule has 0 N–H and O–H groups in total. The van der Waals surface area contributed by atoms with Crippen LogP contribution in [0.4, 0.5) is 4.39 Å². The van der Waals surface area contributed by atoms with Crippen LogP contribution >= 0.6 is 0 Å². The summed E-state index contributed by atoms with van der Waals surface area (Å²) in [7, 11) is 0. The second-order valence-corrected chi connectivity index (χ2v) is 7.83. The molecule has 26 heavy (non-hydrogen) atoms. The quantitative estimate of drug-likeness (QED) is 0.794. The van der Waals surface area contributed by atoms with Crippen LogP contribution in [-0.4, -0.2) is 28.3 Å². The predicted molar refractivity (Wildman–Crippen MR) is 98.5 cm³/mol. The van der Waals surface area contributed by atoms with Crippen molar-refractivity contribution in [1.82, 2.24) is 9.78 Å². The normalized spacial score (nSPS) is 31.4. The Morgan fingerprint density at radius 1 is 1.15 bits per heavy atom. The summed E-state index contributed by atoms with van der Waals surface area (Å²) < 4.78 is 27.4. The Morgan fingerprint density at radius 3 is 2.46 bits per heavy atom. The van der Waals surface area contributed by atoms with Gasteiger partial charge in [-0.05, 0) is 69.5 Å². The van der Waals surface area contributed by atoms with Crippen LogP contribution in [0.1, 0.15) is 45.4 Å². The van der Waals surface area contributed by atoms with Gasteiger partial charge in [0.25, 0.3) is 0 Å². The van der Waals surface area contributed by atoms with Crippen molar-refractivity contribution in [1.29, 1.82) is 0 Å². The zero-order valence-corrected chi connectivity index (χ0v) is 15.7. The molecule has 1 aliphatic heterocycles. The maximum absolute atomic E-state index is 13.2. The molecular formula is C21H25FN2O2. The molecule has 0 spiro atoms. The number of halogens is 1. The summed E-state index contributed by atoms with van der Waals surface area (Å²) >= 11 is 0. The SMILES string of the molecule is CC1=Cc2c(cnn2-c2ccc(F)cc2)CC1(C)C1O[C@@H](C)C[C@H](C)O1. The highest BCUT2D eigenvalue weighted by Crippen LogP contribution is 2.44. The van der Waals surface area contributed by atoms with Crippen molar-refractivity contribution >= 4 is 6.08 Å². The molecule has 138 valence electrons. The van der Waals surface area contributed by atoms with E-state index < -0.39 is 0 Å². The topological polar surface area (TPSA) is 36.3 Å². The smallest absolute Gasteiger partial charge is 0.167 e. The van der Waals surface area contributed by atoms with E-state index in [1.54, 1.807) is 12.1 Å². The van der Waals surface area contributed by atoms with Crippen molar-refractivity contribution in [2.24, 2.45) is 5.41 Å². The third-order valence-corrected chi connectivity index (χ3v) is 5.67. The lowest BCUT2D eigenvalue weighted by molar-refractivity contribution is -0.271. The van der Waals surface area contributed by atoms with Crippen LogP contribution in [-0.2, 0) is 15.9 Å². The molecule has 1 aromatic carbocycles. The van der Waals surface area contributed by atoms with Crippen LogP contribution in [0.5, 0.6) is 0 Å². The highest BCUT2D eigenvalue weighted by molar-refractivity contribution is 5.60. The van der Waals surface area contributed by atoms with Crippen molar-refractivity contribution in [2.45, 2.75) is 59.0 Å². The molecule has 1 fully saturated rings. The molecule has 4 rings (SSSR count). The lowest BCUT2D eigenvalue weighted by Crippen LogP contribution is -2.47. The number of aromatic nitrogens is 2. The van der Waals surface area contributed by atoms with Gasteiger partial charge in [0.2, 0.25) is 0 Å². The molecule has 1 aliphatic carbocycles. The fourth-order valence-corrected chi connectivity index (χ4v) is 3.98. The Hall–Kier alpha value is -1.98. The Bertz CT molecular complexity index is 832. The number of ether oxygens (including phenoxy) is 2. The van der Waals surface area contributed by atoms with Crippen LogP contribution in [0.25, 0.3) is 11.8 Å². The summed E-state index contributed by atoms with van der Waals surface area (Å²) in [6.07, 6.45) is 5.90. The molecular weight excluding hydrogens is 331 g/mol. The van der Waals surface area contributed by atoms with Gasteiger partial charge in [0.1, 0.15) is 5.82 Å². The van der Waals surface area contributed by atoms with E-state index in [2.05, 4.69) is 38.9 Å². The van der Waals surface area contributed by atoms with Gasteiger partial charge in [0, 0.05) is 5.41 Å². The monoisotopic (exact) mass is 356 g/mol. The summed E-state index contributed by atoms with van der Waals surface area (Å²) in [4.78, 5) is 0. The number of hydrogen-bond acceptors (Lipinski definition) is 3. The first kappa shape index (κ1) is 17.4. The van der Waals surface area contributed by atoms with Gasteiger partial charge in [-0.3, -0.25) is 0 Å². The molecule has 3 atom stereocenters. The minimum atomic E-state index is -0.264. The first-order valence-electron chi connectivity index (χ1n) is 9.19. The molecule has 0 amide bonds. The first-order chi connectivity index (χ1) is 12.4. The van der Waals surface area contributed by atoms with Crippen LogP contribution in [0.3, 0.4) is 0 Å². The highest BCUT2D eigenvalue weighted by atomic mass is 19.1. The maximum atomic E-state index is 13.2. The fourth-order valence-electron chi connectivity index (χ4n) is 3.98. The van der Waals surface area contributed by atoms with E-state index in [0.717, 1.165) is 29.8 Å². The molecule has 5 heteroatoms. The van der Waals surface area contributed by atoms with Crippen molar-refractivity contribution in [3.63, 3.8) is 0 Å². The second kappa shape index (κ2) is 6.32. The molecule has 2 heterocycles. The summed E-state index contributed by atoms with van der Waals surface area (Å²) in [6, 6.07) is 6.41. The summed E-state index contributed by atoms with van der Waals surface area (Å²) in [5, 5.41) is 4.54. The van der Waals surface area contributed by atoms with Gasteiger partial charge in [-0.2, -0.15) is 5.10 Å². The van der Waals surface area contributed by atoms with Gasteiger partial charge < -0.3 is 9.47 Å². The van der Waals surface area contributed by atoms with E-state index in [9.17, 15) is 4.39 Å². The van der Waals surface area contributed by atoms with E-state index in [4.69, 9.17) is 9.47 Å². The predicted octanol–water partition coefficient (Wildman–Crippen LogP) is 4.52. The van der Waals surface area contributed by atoms with Gasteiger partial charge in [-0.25, -0.2) is 9.07 Å². The zero-order chi connectivity index (χ0) is 18.5. The lowest BCUT2D eigenvalue weighted by Gasteiger charge is -2.45. The molecule has 0 bridgehead atoms. The minimum absolute atomic E-state index is 0.191. The van der Waals surface area contributed by atoms with Crippen molar-refractivity contribution in [3.05, 3.63) is 53.1 Å². The maximum Gasteiger partial charge on any atom is 0.167 e. The van der Waals surface area contributed by atoms with Crippen LogP contribution < -0.4 is 0 Å². The molecule has 1 saturated heterocycles. The molecule has 2 aromatic rings. The van der Waals surface area contributed by atoms with Crippen molar-refractivity contribution < 1.29 is 13.9 Å². The summed E-state index contributed by atoms with van der Waals surface area (Å²) in [5.74, 6) is -0.246. The van der Waals surface area contributed by atoms with Gasteiger partial charge in [-0.15, -0.1) is 0 Å². The number of rotatable bonds is 2. The molecule has 4 nitrogen and oxygen atoms in total.